The molecule has 0 unspecified atom stereocenters. The molecular weight excluding hydrogens is 356 g/mol. The van der Waals surface area contributed by atoms with Crippen LogP contribution < -0.4 is 15.4 Å². The van der Waals surface area contributed by atoms with E-state index in [1.165, 1.54) is 0 Å². The van der Waals surface area contributed by atoms with E-state index >= 15 is 0 Å². The molecule has 1 amide bonds. The van der Waals surface area contributed by atoms with Crippen molar-refractivity contribution in [1.29, 1.82) is 0 Å². The smallest absolute Gasteiger partial charge is 0.251 e. The van der Waals surface area contributed by atoms with E-state index in [1.807, 2.05) is 30.3 Å². The van der Waals surface area contributed by atoms with Gasteiger partial charge in [-0.25, -0.2) is 4.68 Å². The van der Waals surface area contributed by atoms with Crippen molar-refractivity contribution in [1.82, 2.24) is 25.3 Å². The number of rotatable bonds is 10. The third kappa shape index (κ3) is 5.54. The van der Waals surface area contributed by atoms with Crippen LogP contribution in [0, 0.1) is 0 Å². The number of nitrogens with one attached hydrogen (secondary N) is 2. The number of ether oxygens (including phenoxy) is 1. The summed E-state index contributed by atoms with van der Waals surface area (Å²) in [5, 5.41) is 18.3. The van der Waals surface area contributed by atoms with Crippen molar-refractivity contribution in [3.63, 3.8) is 0 Å². The minimum Gasteiger partial charge on any atom is -0.494 e. The van der Waals surface area contributed by atoms with Gasteiger partial charge in [0.2, 0.25) is 0 Å². The lowest BCUT2D eigenvalue weighted by Gasteiger charge is -2.09. The molecule has 0 fully saturated rings. The van der Waals surface area contributed by atoms with E-state index in [0.717, 1.165) is 18.6 Å². The van der Waals surface area contributed by atoms with Crippen molar-refractivity contribution in [2.75, 3.05) is 25.0 Å². The molecular formula is C20H24N6O2. The maximum atomic E-state index is 12.2. The molecule has 0 saturated heterocycles. The molecule has 2 heterocycles. The summed E-state index contributed by atoms with van der Waals surface area (Å²) in [7, 11) is 0. The van der Waals surface area contributed by atoms with Crippen molar-refractivity contribution in [2.45, 2.75) is 19.8 Å². The topological polar surface area (TPSA) is 94.0 Å². The van der Waals surface area contributed by atoms with Gasteiger partial charge in [-0.2, -0.15) is 5.10 Å². The summed E-state index contributed by atoms with van der Waals surface area (Å²) >= 11 is 0. The zero-order valence-electron chi connectivity index (χ0n) is 15.8. The van der Waals surface area contributed by atoms with Crippen LogP contribution in [0.2, 0.25) is 0 Å². The van der Waals surface area contributed by atoms with Crippen LogP contribution in [0.25, 0.3) is 5.82 Å². The van der Waals surface area contributed by atoms with E-state index < -0.39 is 0 Å². The Labute approximate surface area is 163 Å². The van der Waals surface area contributed by atoms with Gasteiger partial charge in [0, 0.05) is 31.0 Å². The zero-order chi connectivity index (χ0) is 19.6. The van der Waals surface area contributed by atoms with E-state index in [1.54, 1.807) is 29.2 Å². The van der Waals surface area contributed by atoms with Gasteiger partial charge in [0.25, 0.3) is 5.91 Å². The highest BCUT2D eigenvalue weighted by molar-refractivity contribution is 5.94. The van der Waals surface area contributed by atoms with Gasteiger partial charge in [-0.05, 0) is 48.9 Å². The molecule has 0 aliphatic rings. The van der Waals surface area contributed by atoms with Crippen LogP contribution in [0.3, 0.4) is 0 Å². The monoisotopic (exact) mass is 380 g/mol. The number of hydrogen-bond donors (Lipinski definition) is 2. The normalized spacial score (nSPS) is 10.5. The summed E-state index contributed by atoms with van der Waals surface area (Å²) in [6.07, 6.45) is 5.60. The first-order chi connectivity index (χ1) is 13.8. The van der Waals surface area contributed by atoms with Crippen LogP contribution in [0.1, 0.15) is 30.1 Å². The van der Waals surface area contributed by atoms with Crippen LogP contribution >= 0.6 is 0 Å². The predicted octanol–water partition coefficient (Wildman–Crippen LogP) is 2.68. The van der Waals surface area contributed by atoms with Crippen molar-refractivity contribution in [3.05, 3.63) is 60.4 Å². The van der Waals surface area contributed by atoms with Gasteiger partial charge in [0.15, 0.2) is 5.82 Å². The molecule has 0 saturated carbocycles. The Morgan fingerprint density at radius 1 is 1.11 bits per heavy atom. The molecule has 2 N–H and O–H groups in total. The third-order valence-electron chi connectivity index (χ3n) is 3.99. The number of amides is 1. The molecule has 3 aromatic rings. The molecule has 146 valence electrons. The summed E-state index contributed by atoms with van der Waals surface area (Å²) in [5.74, 6) is 1.94. The molecule has 0 radical (unpaired) electrons. The molecule has 2 aromatic heterocycles. The predicted molar refractivity (Wildman–Crippen MR) is 107 cm³/mol. The Hall–Kier alpha value is -3.42. The Morgan fingerprint density at radius 2 is 1.96 bits per heavy atom. The molecule has 28 heavy (non-hydrogen) atoms. The van der Waals surface area contributed by atoms with Gasteiger partial charge in [-0.15, -0.1) is 10.2 Å². The van der Waals surface area contributed by atoms with Gasteiger partial charge in [0.1, 0.15) is 11.6 Å². The average molecular weight is 380 g/mol. The quantitative estimate of drug-likeness (QED) is 0.525. The van der Waals surface area contributed by atoms with E-state index in [4.69, 9.17) is 4.74 Å². The molecule has 1 aromatic carbocycles. The van der Waals surface area contributed by atoms with Gasteiger partial charge in [0.05, 0.1) is 6.61 Å². The van der Waals surface area contributed by atoms with Crippen molar-refractivity contribution in [2.24, 2.45) is 0 Å². The minimum absolute atomic E-state index is 0.123. The van der Waals surface area contributed by atoms with Gasteiger partial charge < -0.3 is 15.4 Å². The SMILES string of the molecule is CCCCOc1ccc(C(=O)NCCNc2ccc(-n3cccn3)nn2)cc1. The summed E-state index contributed by atoms with van der Waals surface area (Å²) in [5.41, 5.74) is 0.603. The first kappa shape index (κ1) is 19.3. The maximum absolute atomic E-state index is 12.2. The zero-order valence-corrected chi connectivity index (χ0v) is 15.8. The van der Waals surface area contributed by atoms with Crippen LogP contribution in [0.4, 0.5) is 5.82 Å². The Bertz CT molecular complexity index is 847. The molecule has 0 aliphatic carbocycles. The van der Waals surface area contributed by atoms with Crippen molar-refractivity contribution in [3.8, 4) is 11.6 Å². The molecule has 0 spiro atoms. The highest BCUT2D eigenvalue weighted by atomic mass is 16.5. The molecule has 8 heteroatoms. The van der Waals surface area contributed by atoms with Gasteiger partial charge in [-0.3, -0.25) is 4.79 Å². The standard InChI is InChI=1S/C20H24N6O2/c1-2-3-15-28-17-7-5-16(6-8-17)20(27)22-13-12-21-18-9-10-19(25-24-18)26-14-4-11-23-26/h4-11,14H,2-3,12-13,15H2,1H3,(H,21,24)(H,22,27). The van der Waals surface area contributed by atoms with Crippen LogP contribution in [0.5, 0.6) is 5.75 Å². The van der Waals surface area contributed by atoms with E-state index in [-0.39, 0.29) is 5.91 Å². The highest BCUT2D eigenvalue weighted by Crippen LogP contribution is 2.12. The number of aromatic nitrogens is 4. The average Bonchev–Trinajstić information content (AvgIpc) is 3.27. The van der Waals surface area contributed by atoms with E-state index in [0.29, 0.717) is 36.9 Å². The summed E-state index contributed by atoms with van der Waals surface area (Å²) in [4.78, 5) is 12.2. The number of carbonyl (C=O) groups is 1. The summed E-state index contributed by atoms with van der Waals surface area (Å²) < 4.78 is 7.24. The lowest BCUT2D eigenvalue weighted by atomic mass is 10.2. The number of nitrogens with zero attached hydrogens (tertiary/aromatic N) is 4. The number of carbonyl (C=O) groups excluding carboxylic acids is 1. The van der Waals surface area contributed by atoms with E-state index in [2.05, 4.69) is 32.9 Å². The molecule has 3 rings (SSSR count). The summed E-state index contributed by atoms with van der Waals surface area (Å²) in [6.45, 7) is 3.82. The van der Waals surface area contributed by atoms with Crippen LogP contribution in [-0.2, 0) is 0 Å². The number of hydrogen-bond acceptors (Lipinski definition) is 6. The first-order valence-electron chi connectivity index (χ1n) is 9.35. The second-order valence-electron chi connectivity index (χ2n) is 6.14. The van der Waals surface area contributed by atoms with Crippen molar-refractivity contribution >= 4 is 11.7 Å². The largest absolute Gasteiger partial charge is 0.494 e. The van der Waals surface area contributed by atoms with Crippen molar-refractivity contribution < 1.29 is 9.53 Å². The fraction of sp³-hybridized carbons (Fsp3) is 0.300. The second-order valence-corrected chi connectivity index (χ2v) is 6.14. The Balaban J connectivity index is 1.39. The number of anilines is 1. The van der Waals surface area contributed by atoms with Crippen LogP contribution in [-0.4, -0.2) is 45.6 Å². The Morgan fingerprint density at radius 3 is 2.64 bits per heavy atom. The van der Waals surface area contributed by atoms with Gasteiger partial charge in [-0.1, -0.05) is 13.3 Å². The first-order valence-corrected chi connectivity index (χ1v) is 9.35. The fourth-order valence-electron chi connectivity index (χ4n) is 2.45. The van der Waals surface area contributed by atoms with E-state index in [9.17, 15) is 4.79 Å². The summed E-state index contributed by atoms with van der Waals surface area (Å²) in [6, 6.07) is 12.6. The maximum Gasteiger partial charge on any atom is 0.251 e. The Kier molecular flexibility index (Phi) is 6.95. The molecule has 8 nitrogen and oxygen atoms in total. The minimum atomic E-state index is -0.123. The molecule has 0 atom stereocenters. The van der Waals surface area contributed by atoms with Gasteiger partial charge >= 0.3 is 0 Å². The second kappa shape index (κ2) is 10.1. The number of unbranched alkanes of at least 4 members (excludes halogenated alkanes) is 1. The molecule has 0 bridgehead atoms. The molecule has 0 aliphatic heterocycles. The third-order valence-corrected chi connectivity index (χ3v) is 3.99. The lowest BCUT2D eigenvalue weighted by molar-refractivity contribution is 0.0955. The van der Waals surface area contributed by atoms with Crippen LogP contribution in [0.15, 0.2) is 54.9 Å². The highest BCUT2D eigenvalue weighted by Gasteiger charge is 2.05. The number of benzene rings is 1. The lowest BCUT2D eigenvalue weighted by Crippen LogP contribution is -2.28. The fourth-order valence-corrected chi connectivity index (χ4v) is 2.45.